The van der Waals surface area contributed by atoms with Gasteiger partial charge < -0.3 is 4.74 Å². The number of halogens is 2. The minimum atomic E-state index is -0.811. The first-order chi connectivity index (χ1) is 13.7. The molecular weight excluding hydrogens is 415 g/mol. The van der Waals surface area contributed by atoms with Crippen LogP contribution < -0.4 is 15.0 Å². The number of carbonyl (C=O) groups excluding carboxylic acids is 3. The lowest BCUT2D eigenvalue weighted by molar-refractivity contribution is -0.122. The number of rotatable bonds is 4. The van der Waals surface area contributed by atoms with E-state index in [1.165, 1.54) is 18.2 Å². The topological polar surface area (TPSA) is 75.7 Å². The molecule has 0 spiro atoms. The maximum Gasteiger partial charge on any atom is 0.335 e. The molecule has 29 heavy (non-hydrogen) atoms. The first-order valence-electron chi connectivity index (χ1n) is 8.83. The zero-order chi connectivity index (χ0) is 21.3. The van der Waals surface area contributed by atoms with Gasteiger partial charge in [0.2, 0.25) is 0 Å². The SMILES string of the molecule is CCOc1c(Cl)cc(Cl)cc1/C=C1\C(=O)NC(=O)N(c2ccc(C)c(C)c2)C1=O. The van der Waals surface area contributed by atoms with Crippen molar-refractivity contribution in [3.05, 3.63) is 62.6 Å². The Morgan fingerprint density at radius 2 is 1.79 bits per heavy atom. The molecule has 8 heteroatoms. The summed E-state index contributed by atoms with van der Waals surface area (Å²) in [7, 11) is 0. The second-order valence-electron chi connectivity index (χ2n) is 6.47. The predicted molar refractivity (Wildman–Crippen MR) is 113 cm³/mol. The van der Waals surface area contributed by atoms with Crippen LogP contribution in [0.2, 0.25) is 10.0 Å². The molecule has 0 unspecified atom stereocenters. The van der Waals surface area contributed by atoms with E-state index in [2.05, 4.69) is 5.32 Å². The Bertz CT molecular complexity index is 1060. The summed E-state index contributed by atoms with van der Waals surface area (Å²) >= 11 is 12.3. The van der Waals surface area contributed by atoms with Crippen molar-refractivity contribution in [2.45, 2.75) is 20.8 Å². The summed E-state index contributed by atoms with van der Waals surface area (Å²) in [5.74, 6) is -1.26. The van der Waals surface area contributed by atoms with E-state index in [0.29, 0.717) is 28.6 Å². The van der Waals surface area contributed by atoms with Crippen molar-refractivity contribution in [3.63, 3.8) is 0 Å². The predicted octanol–water partition coefficient (Wildman–Crippen LogP) is 4.68. The van der Waals surface area contributed by atoms with E-state index in [9.17, 15) is 14.4 Å². The van der Waals surface area contributed by atoms with Gasteiger partial charge in [0.25, 0.3) is 11.8 Å². The van der Waals surface area contributed by atoms with E-state index in [-0.39, 0.29) is 10.6 Å². The summed E-state index contributed by atoms with van der Waals surface area (Å²) in [6, 6.07) is 7.38. The molecule has 150 valence electrons. The largest absolute Gasteiger partial charge is 0.492 e. The van der Waals surface area contributed by atoms with Crippen LogP contribution in [0.15, 0.2) is 35.9 Å². The number of nitrogens with one attached hydrogen (secondary N) is 1. The lowest BCUT2D eigenvalue weighted by Crippen LogP contribution is -2.54. The number of anilines is 1. The number of amides is 4. The van der Waals surface area contributed by atoms with Crippen LogP contribution in [0.5, 0.6) is 5.75 Å². The van der Waals surface area contributed by atoms with Crippen molar-refractivity contribution in [2.75, 3.05) is 11.5 Å². The van der Waals surface area contributed by atoms with Crippen LogP contribution >= 0.6 is 23.2 Å². The molecule has 1 heterocycles. The second kappa shape index (κ2) is 8.27. The van der Waals surface area contributed by atoms with E-state index in [1.807, 2.05) is 13.8 Å². The van der Waals surface area contributed by atoms with Crippen molar-refractivity contribution in [1.29, 1.82) is 0 Å². The molecule has 1 N–H and O–H groups in total. The van der Waals surface area contributed by atoms with E-state index in [0.717, 1.165) is 16.0 Å². The summed E-state index contributed by atoms with van der Waals surface area (Å²) in [5, 5.41) is 2.76. The number of urea groups is 1. The quantitative estimate of drug-likeness (QED) is 0.562. The lowest BCUT2D eigenvalue weighted by Gasteiger charge is -2.27. The standard InChI is InChI=1S/C21H18Cl2N2O4/c1-4-29-18-13(8-14(22)10-17(18)23)9-16-19(26)24-21(28)25(20(16)27)15-6-5-11(2)12(3)7-15/h5-10H,4H2,1-3H3,(H,24,26,28)/b16-9+. The number of hydrogen-bond acceptors (Lipinski definition) is 4. The zero-order valence-electron chi connectivity index (χ0n) is 16.0. The minimum absolute atomic E-state index is 0.234. The molecule has 2 aromatic rings. The Hall–Kier alpha value is -2.83. The minimum Gasteiger partial charge on any atom is -0.492 e. The van der Waals surface area contributed by atoms with Gasteiger partial charge in [0, 0.05) is 10.6 Å². The molecule has 1 aliphatic heterocycles. The van der Waals surface area contributed by atoms with Gasteiger partial charge in [0.05, 0.1) is 17.3 Å². The maximum atomic E-state index is 13.1. The van der Waals surface area contributed by atoms with E-state index >= 15 is 0 Å². The molecule has 6 nitrogen and oxygen atoms in total. The molecule has 1 aliphatic rings. The molecule has 4 amide bonds. The van der Waals surface area contributed by atoms with Gasteiger partial charge >= 0.3 is 6.03 Å². The molecule has 0 aliphatic carbocycles. The van der Waals surface area contributed by atoms with Crippen molar-refractivity contribution in [3.8, 4) is 5.75 Å². The molecule has 1 fully saturated rings. The van der Waals surface area contributed by atoms with Crippen LogP contribution in [0.1, 0.15) is 23.6 Å². The van der Waals surface area contributed by atoms with Gasteiger partial charge in [0.1, 0.15) is 11.3 Å². The highest BCUT2D eigenvalue weighted by Crippen LogP contribution is 2.34. The third-order valence-corrected chi connectivity index (χ3v) is 4.97. The molecule has 2 aromatic carbocycles. The number of nitrogens with zero attached hydrogens (tertiary/aromatic N) is 1. The van der Waals surface area contributed by atoms with Crippen LogP contribution in [0.25, 0.3) is 6.08 Å². The highest BCUT2D eigenvalue weighted by molar-refractivity contribution is 6.40. The summed E-state index contributed by atoms with van der Waals surface area (Å²) < 4.78 is 5.54. The average Bonchev–Trinajstić information content (AvgIpc) is 2.64. The first-order valence-corrected chi connectivity index (χ1v) is 9.59. The van der Waals surface area contributed by atoms with Gasteiger partial charge in [-0.15, -0.1) is 0 Å². The maximum absolute atomic E-state index is 13.1. The number of benzene rings is 2. The lowest BCUT2D eigenvalue weighted by atomic mass is 10.0. The van der Waals surface area contributed by atoms with Crippen LogP contribution in [-0.4, -0.2) is 24.5 Å². The summed E-state index contributed by atoms with van der Waals surface area (Å²) in [5.41, 5.74) is 2.41. The van der Waals surface area contributed by atoms with Gasteiger partial charge in [0.15, 0.2) is 0 Å². The molecule has 3 rings (SSSR count). The fraction of sp³-hybridized carbons (Fsp3) is 0.190. The Balaban J connectivity index is 2.10. The van der Waals surface area contributed by atoms with Crippen molar-refractivity contribution in [2.24, 2.45) is 0 Å². The smallest absolute Gasteiger partial charge is 0.335 e. The first kappa shape index (κ1) is 20.9. The highest BCUT2D eigenvalue weighted by atomic mass is 35.5. The van der Waals surface area contributed by atoms with Gasteiger partial charge in [-0.1, -0.05) is 29.3 Å². The number of barbiturate groups is 1. The Morgan fingerprint density at radius 1 is 1.07 bits per heavy atom. The molecule has 0 aromatic heterocycles. The van der Waals surface area contributed by atoms with E-state index in [1.54, 1.807) is 25.1 Å². The number of carbonyl (C=O) groups is 3. The van der Waals surface area contributed by atoms with Crippen LogP contribution in [0, 0.1) is 13.8 Å². The second-order valence-corrected chi connectivity index (χ2v) is 7.31. The average molecular weight is 433 g/mol. The molecular formula is C21H18Cl2N2O4. The Kier molecular flexibility index (Phi) is 5.96. The molecule has 0 radical (unpaired) electrons. The number of imide groups is 2. The Morgan fingerprint density at radius 3 is 2.45 bits per heavy atom. The van der Waals surface area contributed by atoms with Crippen molar-refractivity contribution >= 4 is 52.8 Å². The fourth-order valence-corrected chi connectivity index (χ4v) is 3.46. The Labute approximate surface area is 178 Å². The van der Waals surface area contributed by atoms with Crippen LogP contribution in [0.3, 0.4) is 0 Å². The number of hydrogen-bond donors (Lipinski definition) is 1. The molecule has 0 saturated carbocycles. The number of aryl methyl sites for hydroxylation is 2. The van der Waals surface area contributed by atoms with Crippen molar-refractivity contribution in [1.82, 2.24) is 5.32 Å². The summed E-state index contributed by atoms with van der Waals surface area (Å²) in [6.45, 7) is 5.89. The zero-order valence-corrected chi connectivity index (χ0v) is 17.5. The van der Waals surface area contributed by atoms with Crippen molar-refractivity contribution < 1.29 is 19.1 Å². The molecule has 0 bridgehead atoms. The number of ether oxygens (including phenoxy) is 1. The fourth-order valence-electron chi connectivity index (χ4n) is 2.90. The monoisotopic (exact) mass is 432 g/mol. The van der Waals surface area contributed by atoms with Gasteiger partial charge in [-0.25, -0.2) is 9.69 Å². The summed E-state index contributed by atoms with van der Waals surface area (Å²) in [4.78, 5) is 38.7. The highest BCUT2D eigenvalue weighted by Gasteiger charge is 2.37. The van der Waals surface area contributed by atoms with Gasteiger partial charge in [-0.2, -0.15) is 0 Å². The normalized spacial score (nSPS) is 15.7. The van der Waals surface area contributed by atoms with Crippen LogP contribution in [0.4, 0.5) is 10.5 Å². The van der Waals surface area contributed by atoms with Gasteiger partial charge in [-0.05, 0) is 62.2 Å². The van der Waals surface area contributed by atoms with E-state index < -0.39 is 17.8 Å². The summed E-state index contributed by atoms with van der Waals surface area (Å²) in [6.07, 6.45) is 1.32. The third kappa shape index (κ3) is 4.13. The molecule has 1 saturated heterocycles. The molecule has 0 atom stereocenters. The third-order valence-electron chi connectivity index (χ3n) is 4.48. The van der Waals surface area contributed by atoms with Gasteiger partial charge in [-0.3, -0.25) is 14.9 Å². The van der Waals surface area contributed by atoms with E-state index in [4.69, 9.17) is 27.9 Å². The van der Waals surface area contributed by atoms with Crippen LogP contribution in [-0.2, 0) is 9.59 Å².